The van der Waals surface area contributed by atoms with Gasteiger partial charge in [0.2, 0.25) is 5.91 Å². The second-order valence-corrected chi connectivity index (χ2v) is 20.4. The third-order valence-electron chi connectivity index (χ3n) is 8.45. The number of thiophene rings is 3. The number of amides is 1. The normalized spacial score (nSPS) is 10.5. The maximum absolute atomic E-state index is 12.6. The molecular formula is C47H63IN6O14S3. The van der Waals surface area contributed by atoms with Crippen molar-refractivity contribution in [3.63, 3.8) is 0 Å². The Balaban J connectivity index is 0.000000474. The molecule has 0 spiro atoms. The molecule has 0 aliphatic heterocycles. The molecule has 5 rings (SSSR count). The molecule has 6 N–H and O–H groups in total. The van der Waals surface area contributed by atoms with Crippen LogP contribution in [0.4, 0.5) is 0 Å². The molecule has 0 radical (unpaired) electrons. The number of hydrogen-bond acceptors (Lipinski definition) is 20. The Morgan fingerprint density at radius 1 is 0.718 bits per heavy atom. The number of aromatic nitrogens is 4. The summed E-state index contributed by atoms with van der Waals surface area (Å²) in [6.45, 7) is 20.7. The number of halogens is 1. The molecule has 5 heterocycles. The first-order valence-electron chi connectivity index (χ1n) is 21.9. The lowest BCUT2D eigenvalue weighted by Gasteiger charge is -2.19. The maximum Gasteiger partial charge on any atom is 0.380 e. The van der Waals surface area contributed by atoms with Crippen LogP contribution in [0.1, 0.15) is 119 Å². The highest BCUT2D eigenvalue weighted by Crippen LogP contribution is 2.33. The number of rotatable bonds is 15. The fourth-order valence-corrected chi connectivity index (χ4v) is 8.62. The fraction of sp³-hybridized carbons (Fsp3) is 0.447. The Bertz CT molecular complexity index is 2570. The first-order valence-corrected chi connectivity index (χ1v) is 26.1. The minimum atomic E-state index is -0.864. The number of alkyl halides is 1. The summed E-state index contributed by atoms with van der Waals surface area (Å²) in [6.07, 6.45) is 1.72. The lowest BCUT2D eigenvalue weighted by molar-refractivity contribution is -0.146. The molecule has 71 heavy (non-hydrogen) atoms. The van der Waals surface area contributed by atoms with Gasteiger partial charge in [-0.1, -0.05) is 82.3 Å². The SMILES string of the molecule is CC(C)(C)CCI.CCOC(=O)C(=O)c1cccs1.CCOC(=O)CC(=O)NN.CCOC(=O)c1c(O)c(-c2cccs2)n[nH]c1=O.CCOC(=O)c1c(O)c(-c2cccs2)nn(CCC(C)(C)C)c1=O. The van der Waals surface area contributed by atoms with Crippen molar-refractivity contribution in [1.82, 2.24) is 25.4 Å². The van der Waals surface area contributed by atoms with Gasteiger partial charge >= 0.3 is 23.9 Å². The van der Waals surface area contributed by atoms with Crippen LogP contribution in [0.5, 0.6) is 11.5 Å². The summed E-state index contributed by atoms with van der Waals surface area (Å²) in [5.74, 6) is -0.315. The van der Waals surface area contributed by atoms with Gasteiger partial charge in [0.25, 0.3) is 16.9 Å². The number of hydrogen-bond donors (Lipinski definition) is 5. The molecule has 0 atom stereocenters. The number of ketones is 1. The second-order valence-electron chi connectivity index (χ2n) is 16.5. The number of carbonyl (C=O) groups is 6. The van der Waals surface area contributed by atoms with Gasteiger partial charge in [-0.15, -0.1) is 34.0 Å². The number of nitrogens with two attached hydrogens (primary N) is 1. The number of aryl methyl sites for hydroxylation is 1. The molecule has 0 saturated heterocycles. The molecule has 0 aliphatic rings. The Morgan fingerprint density at radius 2 is 1.21 bits per heavy atom. The zero-order chi connectivity index (χ0) is 53.9. The van der Waals surface area contributed by atoms with Crippen LogP contribution in [0.3, 0.4) is 0 Å². The van der Waals surface area contributed by atoms with Gasteiger partial charge in [-0.05, 0) is 85.7 Å². The van der Waals surface area contributed by atoms with E-state index in [1.807, 2.05) is 16.9 Å². The summed E-state index contributed by atoms with van der Waals surface area (Å²) >= 11 is 6.35. The van der Waals surface area contributed by atoms with Gasteiger partial charge in [-0.25, -0.2) is 30.0 Å². The van der Waals surface area contributed by atoms with Crippen molar-refractivity contribution in [2.75, 3.05) is 30.9 Å². The van der Waals surface area contributed by atoms with E-state index in [-0.39, 0.29) is 55.2 Å². The van der Waals surface area contributed by atoms with Crippen LogP contribution < -0.4 is 22.4 Å². The third kappa shape index (κ3) is 22.9. The highest BCUT2D eigenvalue weighted by atomic mass is 127. The van der Waals surface area contributed by atoms with Crippen LogP contribution in [0.15, 0.2) is 62.1 Å². The van der Waals surface area contributed by atoms with Gasteiger partial charge in [0.1, 0.15) is 17.8 Å². The van der Waals surface area contributed by atoms with E-state index >= 15 is 0 Å². The van der Waals surface area contributed by atoms with E-state index < -0.39 is 63.7 Å². The lowest BCUT2D eigenvalue weighted by atomic mass is 9.92. The van der Waals surface area contributed by atoms with Crippen LogP contribution in [0.25, 0.3) is 21.1 Å². The second kappa shape index (κ2) is 32.2. The summed E-state index contributed by atoms with van der Waals surface area (Å²) in [7, 11) is 0. The molecule has 24 heteroatoms. The first-order chi connectivity index (χ1) is 33.4. The van der Waals surface area contributed by atoms with Crippen LogP contribution in [-0.2, 0) is 39.9 Å². The smallest absolute Gasteiger partial charge is 0.380 e. The number of hydrazine groups is 1. The van der Waals surface area contributed by atoms with Crippen LogP contribution >= 0.6 is 56.6 Å². The summed E-state index contributed by atoms with van der Waals surface area (Å²) in [4.78, 5) is 92.4. The number of carbonyl (C=O) groups excluding carboxylic acids is 6. The molecule has 0 unspecified atom stereocenters. The van der Waals surface area contributed by atoms with E-state index in [1.165, 1.54) is 49.5 Å². The minimum Gasteiger partial charge on any atom is -0.505 e. The zero-order valence-electron chi connectivity index (χ0n) is 41.4. The summed E-state index contributed by atoms with van der Waals surface area (Å²) < 4.78 is 21.2. The standard InChI is InChI=1S/C17H22N2O4S.C11H10N2O4S.C8H8O3S.C6H13I.C5H10N2O3/c1-5-23-16(22)12-14(20)13(11-7-6-10-24-11)18-19(15(12)21)9-8-17(2,3)4;1-2-17-11(16)7-9(14)8(12-13-10(7)15)6-4-3-5-18-6;1-2-11-8(10)7(9)6-4-3-5-12-6;1-6(2,3)4-5-7;1-2-10-5(9)3-4(8)7-6/h6-7,10,20H,5,8-9H2,1-4H3;3-5H,2H2,1H3,(H2,13,14,15);3-5H,2H2,1H3;4-5H2,1-3H3;2-3,6H2,1H3,(H,7,8). The summed E-state index contributed by atoms with van der Waals surface area (Å²) in [5.41, 5.74) is 0.568. The van der Waals surface area contributed by atoms with E-state index in [4.69, 9.17) is 15.3 Å². The largest absolute Gasteiger partial charge is 0.505 e. The van der Waals surface area contributed by atoms with E-state index in [0.717, 1.165) is 0 Å². The summed E-state index contributed by atoms with van der Waals surface area (Å²) in [5, 5.41) is 36.0. The number of ether oxygens (including phenoxy) is 4. The molecule has 390 valence electrons. The zero-order valence-corrected chi connectivity index (χ0v) is 46.0. The van der Waals surface area contributed by atoms with Gasteiger partial charge in [0, 0.05) is 11.0 Å². The van der Waals surface area contributed by atoms with E-state index in [1.54, 1.807) is 68.8 Å². The average molecular weight is 1160 g/mol. The van der Waals surface area contributed by atoms with Crippen molar-refractivity contribution in [2.45, 2.75) is 95.0 Å². The highest BCUT2D eigenvalue weighted by Gasteiger charge is 2.26. The molecule has 5 aromatic rings. The first kappa shape index (κ1) is 63.2. The van der Waals surface area contributed by atoms with Gasteiger partial charge < -0.3 is 29.2 Å². The van der Waals surface area contributed by atoms with Gasteiger partial charge in [-0.2, -0.15) is 10.2 Å². The Kier molecular flexibility index (Phi) is 28.7. The van der Waals surface area contributed by atoms with Crippen LogP contribution in [-0.4, -0.2) is 96.6 Å². The number of esters is 4. The average Bonchev–Trinajstić information content (AvgIpc) is 4.13. The Labute approximate surface area is 437 Å². The van der Waals surface area contributed by atoms with E-state index in [2.05, 4.69) is 88.9 Å². The van der Waals surface area contributed by atoms with Crippen molar-refractivity contribution in [3.8, 4) is 32.6 Å². The number of nitrogens with one attached hydrogen (secondary N) is 2. The van der Waals surface area contributed by atoms with Crippen molar-refractivity contribution in [3.05, 3.63) is 89.3 Å². The van der Waals surface area contributed by atoms with Crippen LogP contribution in [0.2, 0.25) is 0 Å². The van der Waals surface area contributed by atoms with Crippen molar-refractivity contribution in [2.24, 2.45) is 16.7 Å². The lowest BCUT2D eigenvalue weighted by Crippen LogP contribution is -2.32. The van der Waals surface area contributed by atoms with Crippen molar-refractivity contribution < 1.29 is 57.9 Å². The molecule has 0 aliphatic carbocycles. The number of aromatic hydroxyl groups is 2. The number of aromatic amines is 1. The maximum atomic E-state index is 12.6. The fourth-order valence-electron chi connectivity index (χ4n) is 4.92. The molecular weight excluding hydrogens is 1100 g/mol. The number of H-pyrrole nitrogens is 1. The van der Waals surface area contributed by atoms with Crippen molar-refractivity contribution >= 4 is 92.2 Å². The molecule has 5 aromatic heterocycles. The molecule has 20 nitrogen and oxygen atoms in total. The Hall–Kier alpha value is -5.83. The van der Waals surface area contributed by atoms with Gasteiger partial charge in [-0.3, -0.25) is 29.4 Å². The van der Waals surface area contributed by atoms with E-state index in [9.17, 15) is 48.6 Å². The van der Waals surface area contributed by atoms with Gasteiger partial charge in [0.15, 0.2) is 22.6 Å². The molecule has 0 aromatic carbocycles. The predicted molar refractivity (Wildman–Crippen MR) is 281 cm³/mol. The third-order valence-corrected chi connectivity index (χ3v) is 11.6. The molecule has 0 bridgehead atoms. The number of Topliss-reactive ketones (excluding diaryl/α,β-unsaturated/α-hetero) is 1. The van der Waals surface area contributed by atoms with E-state index in [0.29, 0.717) is 33.0 Å². The highest BCUT2D eigenvalue weighted by molar-refractivity contribution is 14.1. The topological polar surface area (TPSA) is 298 Å². The quantitative estimate of drug-likeness (QED) is 0.00634. The minimum absolute atomic E-state index is 0.00614. The predicted octanol–water partition coefficient (Wildman–Crippen LogP) is 7.95. The monoisotopic (exact) mass is 1160 g/mol. The molecule has 0 fully saturated rings. The Morgan fingerprint density at radius 3 is 1.65 bits per heavy atom. The van der Waals surface area contributed by atoms with Gasteiger partial charge in [0.05, 0.1) is 41.1 Å². The van der Waals surface area contributed by atoms with Crippen LogP contribution in [0, 0.1) is 10.8 Å². The van der Waals surface area contributed by atoms with Crippen molar-refractivity contribution in [1.29, 1.82) is 0 Å². The molecule has 1 amide bonds. The summed E-state index contributed by atoms with van der Waals surface area (Å²) in [6, 6.07) is 10.4. The number of nitrogens with zero attached hydrogens (tertiary/aromatic N) is 3. The molecule has 0 saturated carbocycles.